The summed E-state index contributed by atoms with van der Waals surface area (Å²) in [7, 11) is 3.10. The Morgan fingerprint density at radius 1 is 1.07 bits per heavy atom. The lowest BCUT2D eigenvalue weighted by atomic mass is 9.78. The molecule has 0 radical (unpaired) electrons. The highest BCUT2D eigenvalue weighted by Crippen LogP contribution is 2.37. The van der Waals surface area contributed by atoms with Crippen molar-refractivity contribution >= 4 is 29.1 Å². The second kappa shape index (κ2) is 9.43. The number of amides is 1. The Hall–Kier alpha value is -2.05. The van der Waals surface area contributed by atoms with E-state index in [1.54, 1.807) is 32.4 Å². The van der Waals surface area contributed by atoms with Crippen LogP contribution in [-0.2, 0) is 11.3 Å². The Bertz CT molecular complexity index is 825. The van der Waals surface area contributed by atoms with Gasteiger partial charge in [-0.05, 0) is 30.5 Å². The van der Waals surface area contributed by atoms with Crippen molar-refractivity contribution in [2.75, 3.05) is 14.2 Å². The number of halogens is 2. The first-order chi connectivity index (χ1) is 13.5. The van der Waals surface area contributed by atoms with Crippen LogP contribution in [0.5, 0.6) is 11.8 Å². The van der Waals surface area contributed by atoms with Gasteiger partial charge in [-0.3, -0.25) is 4.79 Å². The lowest BCUT2D eigenvalue weighted by Gasteiger charge is -2.29. The van der Waals surface area contributed by atoms with E-state index in [2.05, 4.69) is 15.3 Å². The van der Waals surface area contributed by atoms with Crippen LogP contribution in [0.1, 0.15) is 43.0 Å². The van der Waals surface area contributed by atoms with Crippen LogP contribution in [0.25, 0.3) is 0 Å². The van der Waals surface area contributed by atoms with Crippen LogP contribution in [0.2, 0.25) is 10.0 Å². The molecule has 3 rings (SSSR count). The number of carbonyl (C=O) groups is 1. The molecule has 1 N–H and O–H groups in total. The third-order valence-electron chi connectivity index (χ3n) is 5.00. The largest absolute Gasteiger partial charge is 0.481 e. The fraction of sp³-hybridized carbons (Fsp3) is 0.450. The van der Waals surface area contributed by atoms with Gasteiger partial charge in [0.25, 0.3) is 0 Å². The average Bonchev–Trinajstić information content (AvgIpc) is 2.73. The second-order valence-corrected chi connectivity index (χ2v) is 7.59. The molecular weight excluding hydrogens is 401 g/mol. The normalized spacial score (nSPS) is 19.1. The molecule has 0 aliphatic heterocycles. The summed E-state index contributed by atoms with van der Waals surface area (Å²) >= 11 is 12.0. The average molecular weight is 424 g/mol. The molecule has 1 aliphatic rings. The zero-order valence-electron chi connectivity index (χ0n) is 15.9. The molecule has 2 aromatic rings. The Balaban J connectivity index is 1.75. The van der Waals surface area contributed by atoms with E-state index in [1.165, 1.54) is 0 Å². The van der Waals surface area contributed by atoms with Crippen LogP contribution in [0.4, 0.5) is 0 Å². The Morgan fingerprint density at radius 2 is 1.75 bits per heavy atom. The third-order valence-corrected chi connectivity index (χ3v) is 5.74. The van der Waals surface area contributed by atoms with E-state index in [9.17, 15) is 4.79 Å². The highest BCUT2D eigenvalue weighted by Gasteiger charge is 2.34. The Morgan fingerprint density at radius 3 is 2.39 bits per heavy atom. The molecule has 0 spiro atoms. The van der Waals surface area contributed by atoms with Crippen LogP contribution in [0.3, 0.4) is 0 Å². The number of methoxy groups -OCH3 is 2. The van der Waals surface area contributed by atoms with Crippen molar-refractivity contribution in [3.8, 4) is 11.8 Å². The minimum Gasteiger partial charge on any atom is -0.481 e. The smallest absolute Gasteiger partial charge is 0.224 e. The number of nitrogens with zero attached hydrogens (tertiary/aromatic N) is 2. The summed E-state index contributed by atoms with van der Waals surface area (Å²) in [6.07, 6.45) is 3.68. The Labute approximate surface area is 174 Å². The molecule has 1 amide bonds. The number of rotatable bonds is 6. The quantitative estimate of drug-likeness (QED) is 0.745. The first-order valence-electron chi connectivity index (χ1n) is 9.20. The maximum atomic E-state index is 12.9. The van der Waals surface area contributed by atoms with Gasteiger partial charge in [0.05, 0.1) is 30.3 Å². The van der Waals surface area contributed by atoms with Crippen molar-refractivity contribution in [2.24, 2.45) is 5.92 Å². The highest BCUT2D eigenvalue weighted by molar-refractivity contribution is 6.42. The van der Waals surface area contributed by atoms with Crippen molar-refractivity contribution in [3.63, 3.8) is 0 Å². The van der Waals surface area contributed by atoms with Gasteiger partial charge in [0.1, 0.15) is 5.82 Å². The third kappa shape index (κ3) is 4.86. The molecule has 2 atom stereocenters. The van der Waals surface area contributed by atoms with Crippen molar-refractivity contribution in [1.82, 2.24) is 15.3 Å². The number of aromatic nitrogens is 2. The first-order valence-corrected chi connectivity index (χ1v) is 9.96. The highest BCUT2D eigenvalue weighted by atomic mass is 35.5. The van der Waals surface area contributed by atoms with Crippen LogP contribution in [0, 0.1) is 5.92 Å². The Kier molecular flexibility index (Phi) is 6.97. The van der Waals surface area contributed by atoms with E-state index in [4.69, 9.17) is 32.7 Å². The molecule has 8 heteroatoms. The lowest BCUT2D eigenvalue weighted by molar-refractivity contribution is -0.126. The van der Waals surface area contributed by atoms with Crippen molar-refractivity contribution in [3.05, 3.63) is 45.7 Å². The van der Waals surface area contributed by atoms with Crippen LogP contribution in [-0.4, -0.2) is 30.1 Å². The van der Waals surface area contributed by atoms with E-state index in [-0.39, 0.29) is 17.7 Å². The molecule has 6 nitrogen and oxygen atoms in total. The standard InChI is InChI=1S/C20H23Cl2N3O3/c1-27-17-10-18(28-2)25-19(24-17)13-5-3-4-6-14(13)20(26)23-11-12-7-8-15(21)16(22)9-12/h7-10,13-14H,3-6,11H2,1-2H3,(H,23,26)/t13-,14-/m1/s1. The van der Waals surface area contributed by atoms with Gasteiger partial charge >= 0.3 is 0 Å². The van der Waals surface area contributed by atoms with Gasteiger partial charge < -0.3 is 14.8 Å². The van der Waals surface area contributed by atoms with Crippen molar-refractivity contribution in [2.45, 2.75) is 38.1 Å². The minimum absolute atomic E-state index is 0.0128. The monoisotopic (exact) mass is 423 g/mol. The summed E-state index contributed by atoms with van der Waals surface area (Å²) in [6.45, 7) is 0.390. The molecule has 1 aromatic carbocycles. The van der Waals surface area contributed by atoms with Gasteiger partial charge in [0.2, 0.25) is 17.7 Å². The van der Waals surface area contributed by atoms with Crippen LogP contribution in [0.15, 0.2) is 24.3 Å². The predicted octanol–water partition coefficient (Wildman–Crippen LogP) is 4.39. The molecule has 150 valence electrons. The number of benzene rings is 1. The zero-order chi connectivity index (χ0) is 20.1. The number of hydrogen-bond donors (Lipinski definition) is 1. The summed E-state index contributed by atoms with van der Waals surface area (Å²) in [5.41, 5.74) is 0.898. The number of nitrogens with one attached hydrogen (secondary N) is 1. The second-order valence-electron chi connectivity index (χ2n) is 6.77. The summed E-state index contributed by atoms with van der Waals surface area (Å²) in [6, 6.07) is 6.97. The van der Waals surface area contributed by atoms with Gasteiger partial charge in [-0.15, -0.1) is 0 Å². The lowest BCUT2D eigenvalue weighted by Crippen LogP contribution is -2.36. The SMILES string of the molecule is COc1cc(OC)nc([C@@H]2CCCC[C@H]2C(=O)NCc2ccc(Cl)c(Cl)c2)n1. The molecule has 1 fully saturated rings. The maximum absolute atomic E-state index is 12.9. The van der Waals surface area contributed by atoms with Gasteiger partial charge in [-0.2, -0.15) is 9.97 Å². The van der Waals surface area contributed by atoms with E-state index in [0.717, 1.165) is 31.2 Å². The number of carbonyl (C=O) groups excluding carboxylic acids is 1. The molecule has 0 saturated heterocycles. The topological polar surface area (TPSA) is 73.3 Å². The van der Waals surface area contributed by atoms with Crippen LogP contribution >= 0.6 is 23.2 Å². The summed E-state index contributed by atoms with van der Waals surface area (Å²) in [5, 5.41) is 3.98. The zero-order valence-corrected chi connectivity index (χ0v) is 17.4. The summed E-state index contributed by atoms with van der Waals surface area (Å²) in [5.74, 6) is 1.16. The fourth-order valence-corrected chi connectivity index (χ4v) is 3.84. The number of hydrogen-bond acceptors (Lipinski definition) is 5. The van der Waals surface area contributed by atoms with Crippen molar-refractivity contribution < 1.29 is 14.3 Å². The molecule has 28 heavy (non-hydrogen) atoms. The van der Waals surface area contributed by atoms with Gasteiger partial charge in [0.15, 0.2) is 0 Å². The first kappa shape index (κ1) is 20.7. The summed E-state index contributed by atoms with van der Waals surface area (Å²) < 4.78 is 10.5. The van der Waals surface area contributed by atoms with Gasteiger partial charge in [0, 0.05) is 18.4 Å². The van der Waals surface area contributed by atoms with E-state index >= 15 is 0 Å². The van der Waals surface area contributed by atoms with Crippen LogP contribution < -0.4 is 14.8 Å². The van der Waals surface area contributed by atoms with Gasteiger partial charge in [-0.1, -0.05) is 42.1 Å². The molecule has 1 saturated carbocycles. The van der Waals surface area contributed by atoms with Crippen molar-refractivity contribution in [1.29, 1.82) is 0 Å². The molecular formula is C20H23Cl2N3O3. The molecule has 1 heterocycles. The maximum Gasteiger partial charge on any atom is 0.224 e. The number of ether oxygens (including phenoxy) is 2. The minimum atomic E-state index is -0.201. The molecule has 0 bridgehead atoms. The molecule has 1 aliphatic carbocycles. The molecule has 0 unspecified atom stereocenters. The van der Waals surface area contributed by atoms with E-state index < -0.39 is 0 Å². The fourth-order valence-electron chi connectivity index (χ4n) is 3.52. The van der Waals surface area contributed by atoms with E-state index in [0.29, 0.717) is 34.2 Å². The molecule has 1 aromatic heterocycles. The summed E-state index contributed by atoms with van der Waals surface area (Å²) in [4.78, 5) is 21.9. The van der Waals surface area contributed by atoms with E-state index in [1.807, 2.05) is 6.07 Å². The van der Waals surface area contributed by atoms with Gasteiger partial charge in [-0.25, -0.2) is 0 Å². The predicted molar refractivity (Wildman–Crippen MR) is 108 cm³/mol.